The van der Waals surface area contributed by atoms with Crippen molar-refractivity contribution < 1.29 is 14.3 Å². The number of methoxy groups -OCH3 is 1. The van der Waals surface area contributed by atoms with Crippen LogP contribution in [0.25, 0.3) is 11.0 Å². The molecule has 7 heteroatoms. The molecule has 1 saturated heterocycles. The second-order valence-electron chi connectivity index (χ2n) is 6.57. The van der Waals surface area contributed by atoms with E-state index >= 15 is 0 Å². The lowest BCUT2D eigenvalue weighted by Gasteiger charge is -2.37. The van der Waals surface area contributed by atoms with E-state index in [0.29, 0.717) is 16.6 Å². The molecule has 1 amide bonds. The van der Waals surface area contributed by atoms with Gasteiger partial charge in [0.1, 0.15) is 5.52 Å². The van der Waals surface area contributed by atoms with Gasteiger partial charge in [-0.1, -0.05) is 6.07 Å². The van der Waals surface area contributed by atoms with Crippen LogP contribution in [0.2, 0.25) is 0 Å². The molecular weight excluding hydrogens is 320 g/mol. The highest BCUT2D eigenvalue weighted by Gasteiger charge is 2.30. The molecule has 0 aliphatic carbocycles. The van der Waals surface area contributed by atoms with Gasteiger partial charge in [-0.15, -0.1) is 0 Å². The molecule has 1 aromatic carbocycles. The fourth-order valence-corrected chi connectivity index (χ4v) is 3.44. The average Bonchev–Trinajstić information content (AvgIpc) is 3.06. The van der Waals surface area contributed by atoms with Crippen molar-refractivity contribution in [2.45, 2.75) is 38.8 Å². The number of hydrogen-bond donors (Lipinski definition) is 2. The number of imidazole rings is 1. The summed E-state index contributed by atoms with van der Waals surface area (Å²) in [5, 5.41) is 3.32. The lowest BCUT2D eigenvalue weighted by molar-refractivity contribution is 0.0552. The van der Waals surface area contributed by atoms with Gasteiger partial charge < -0.3 is 19.9 Å². The standard InChI is InChI=1S/C18H24N4O3/c1-11(2)22(12-7-9-19-10-8-12)17(23)16-20-14-6-4-5-13(15(14)21-16)18(24)25-3/h4-6,11-12,19H,7-10H2,1-3H3,(H,20,21). The molecule has 2 heterocycles. The molecule has 3 rings (SSSR count). The number of aromatic amines is 1. The zero-order valence-electron chi connectivity index (χ0n) is 14.8. The van der Waals surface area contributed by atoms with Gasteiger partial charge in [0.05, 0.1) is 18.2 Å². The Bertz CT molecular complexity index is 778. The number of ether oxygens (including phenoxy) is 1. The van der Waals surface area contributed by atoms with Crippen LogP contribution in [0, 0.1) is 0 Å². The highest BCUT2D eigenvalue weighted by Crippen LogP contribution is 2.21. The second kappa shape index (κ2) is 7.23. The predicted octanol–water partition coefficient (Wildman–Crippen LogP) is 1.95. The summed E-state index contributed by atoms with van der Waals surface area (Å²) in [4.78, 5) is 34.4. The summed E-state index contributed by atoms with van der Waals surface area (Å²) < 4.78 is 4.80. The molecule has 2 aromatic rings. The van der Waals surface area contributed by atoms with Crippen LogP contribution in [-0.2, 0) is 4.74 Å². The number of carbonyl (C=O) groups is 2. The third-order valence-corrected chi connectivity index (χ3v) is 4.61. The lowest BCUT2D eigenvalue weighted by atomic mass is 10.0. The van der Waals surface area contributed by atoms with Crippen molar-refractivity contribution in [3.63, 3.8) is 0 Å². The number of fused-ring (bicyclic) bond motifs is 1. The summed E-state index contributed by atoms with van der Waals surface area (Å²) in [6, 6.07) is 5.46. The molecule has 1 aromatic heterocycles. The number of esters is 1. The van der Waals surface area contributed by atoms with Crippen molar-refractivity contribution >= 4 is 22.9 Å². The lowest BCUT2D eigenvalue weighted by Crippen LogP contribution is -2.49. The maximum absolute atomic E-state index is 13.1. The van der Waals surface area contributed by atoms with Crippen molar-refractivity contribution in [1.82, 2.24) is 20.2 Å². The molecule has 1 fully saturated rings. The van der Waals surface area contributed by atoms with Gasteiger partial charge >= 0.3 is 5.97 Å². The Labute approximate surface area is 146 Å². The van der Waals surface area contributed by atoms with Crippen LogP contribution < -0.4 is 5.32 Å². The van der Waals surface area contributed by atoms with Crippen LogP contribution in [0.5, 0.6) is 0 Å². The molecule has 0 saturated carbocycles. The van der Waals surface area contributed by atoms with Crippen LogP contribution in [0.4, 0.5) is 0 Å². The monoisotopic (exact) mass is 344 g/mol. The van der Waals surface area contributed by atoms with Crippen LogP contribution in [0.15, 0.2) is 18.2 Å². The van der Waals surface area contributed by atoms with Crippen molar-refractivity contribution in [1.29, 1.82) is 0 Å². The molecule has 1 aliphatic rings. The normalized spacial score (nSPS) is 15.5. The molecule has 0 radical (unpaired) electrons. The third kappa shape index (κ3) is 3.37. The Kier molecular flexibility index (Phi) is 5.03. The van der Waals surface area contributed by atoms with Crippen LogP contribution >= 0.6 is 0 Å². The first-order valence-corrected chi connectivity index (χ1v) is 8.63. The predicted molar refractivity (Wildman–Crippen MR) is 94.6 cm³/mol. The van der Waals surface area contributed by atoms with Crippen LogP contribution in [0.1, 0.15) is 47.7 Å². The van der Waals surface area contributed by atoms with E-state index in [9.17, 15) is 9.59 Å². The van der Waals surface area contributed by atoms with Gasteiger partial charge in [0.25, 0.3) is 5.91 Å². The largest absolute Gasteiger partial charge is 0.465 e. The highest BCUT2D eigenvalue weighted by molar-refractivity contribution is 6.04. The van der Waals surface area contributed by atoms with Gasteiger partial charge in [0, 0.05) is 12.1 Å². The van der Waals surface area contributed by atoms with E-state index in [2.05, 4.69) is 15.3 Å². The van der Waals surface area contributed by atoms with Crippen LogP contribution in [-0.4, -0.2) is 59.0 Å². The summed E-state index contributed by atoms with van der Waals surface area (Å²) >= 11 is 0. The minimum atomic E-state index is -0.463. The van der Waals surface area contributed by atoms with Crippen molar-refractivity contribution in [2.75, 3.05) is 20.2 Å². The molecule has 2 N–H and O–H groups in total. The van der Waals surface area contributed by atoms with E-state index in [1.807, 2.05) is 18.7 Å². The molecule has 0 bridgehead atoms. The number of nitrogens with zero attached hydrogens (tertiary/aromatic N) is 2. The Morgan fingerprint density at radius 3 is 2.64 bits per heavy atom. The van der Waals surface area contributed by atoms with E-state index in [4.69, 9.17) is 4.74 Å². The molecule has 0 unspecified atom stereocenters. The Balaban J connectivity index is 1.96. The average molecular weight is 344 g/mol. The Morgan fingerprint density at radius 1 is 1.28 bits per heavy atom. The van der Waals surface area contributed by atoms with Gasteiger partial charge in [0.2, 0.25) is 0 Å². The summed E-state index contributed by atoms with van der Waals surface area (Å²) in [7, 11) is 1.33. The summed E-state index contributed by atoms with van der Waals surface area (Å²) in [5.74, 6) is -0.331. The smallest absolute Gasteiger partial charge is 0.340 e. The fourth-order valence-electron chi connectivity index (χ4n) is 3.44. The minimum absolute atomic E-state index is 0.0730. The van der Waals surface area contributed by atoms with Crippen LogP contribution in [0.3, 0.4) is 0 Å². The first-order chi connectivity index (χ1) is 12.0. The maximum atomic E-state index is 13.1. The Hall–Kier alpha value is -2.41. The number of nitrogens with one attached hydrogen (secondary N) is 2. The number of amides is 1. The number of piperidine rings is 1. The van der Waals surface area contributed by atoms with E-state index in [-0.39, 0.29) is 23.8 Å². The van der Waals surface area contributed by atoms with E-state index in [0.717, 1.165) is 25.9 Å². The van der Waals surface area contributed by atoms with Gasteiger partial charge in [-0.2, -0.15) is 0 Å². The Morgan fingerprint density at radius 2 is 2.00 bits per heavy atom. The SMILES string of the molecule is COC(=O)c1cccc2[nH]c(C(=O)N(C(C)C)C3CCNCC3)nc12. The minimum Gasteiger partial charge on any atom is -0.465 e. The van der Waals surface area contributed by atoms with Gasteiger partial charge in [-0.25, -0.2) is 9.78 Å². The van der Waals surface area contributed by atoms with Crippen molar-refractivity contribution in [3.05, 3.63) is 29.6 Å². The molecule has 134 valence electrons. The molecule has 7 nitrogen and oxygen atoms in total. The third-order valence-electron chi connectivity index (χ3n) is 4.61. The van der Waals surface area contributed by atoms with Gasteiger partial charge in [-0.3, -0.25) is 4.79 Å². The maximum Gasteiger partial charge on any atom is 0.340 e. The van der Waals surface area contributed by atoms with Crippen molar-refractivity contribution in [3.8, 4) is 0 Å². The van der Waals surface area contributed by atoms with Crippen molar-refractivity contribution in [2.24, 2.45) is 0 Å². The molecular formula is C18H24N4O3. The number of carbonyl (C=O) groups excluding carboxylic acids is 2. The van der Waals surface area contributed by atoms with Gasteiger partial charge in [-0.05, 0) is 51.9 Å². The van der Waals surface area contributed by atoms with E-state index in [1.54, 1.807) is 18.2 Å². The highest BCUT2D eigenvalue weighted by atomic mass is 16.5. The van der Waals surface area contributed by atoms with E-state index in [1.165, 1.54) is 7.11 Å². The molecule has 0 spiro atoms. The zero-order valence-corrected chi connectivity index (χ0v) is 14.8. The summed E-state index contributed by atoms with van der Waals surface area (Å²) in [6.45, 7) is 5.85. The topological polar surface area (TPSA) is 87.3 Å². The molecule has 25 heavy (non-hydrogen) atoms. The summed E-state index contributed by atoms with van der Waals surface area (Å²) in [5.41, 5.74) is 1.47. The van der Waals surface area contributed by atoms with Gasteiger partial charge in [0.15, 0.2) is 5.82 Å². The number of aromatic nitrogens is 2. The first-order valence-electron chi connectivity index (χ1n) is 8.63. The zero-order chi connectivity index (χ0) is 18.0. The summed E-state index contributed by atoms with van der Waals surface area (Å²) in [6.07, 6.45) is 1.86. The number of benzene rings is 1. The quantitative estimate of drug-likeness (QED) is 0.828. The second-order valence-corrected chi connectivity index (χ2v) is 6.57. The fraction of sp³-hybridized carbons (Fsp3) is 0.500. The van der Waals surface area contributed by atoms with E-state index < -0.39 is 5.97 Å². The molecule has 0 atom stereocenters. The first kappa shape index (κ1) is 17.4. The molecule has 1 aliphatic heterocycles. The number of rotatable bonds is 4. The number of hydrogen-bond acceptors (Lipinski definition) is 5. The number of H-pyrrole nitrogens is 1. The number of para-hydroxylation sites is 1.